The summed E-state index contributed by atoms with van der Waals surface area (Å²) >= 11 is 0. The molecule has 2 rings (SSSR count). The Hall–Kier alpha value is -1.87. The number of quaternary nitrogens is 1. The van der Waals surface area contributed by atoms with Gasteiger partial charge < -0.3 is 10.1 Å². The predicted molar refractivity (Wildman–Crippen MR) is 78.3 cm³/mol. The third-order valence-electron chi connectivity index (χ3n) is 3.37. The van der Waals surface area contributed by atoms with Crippen LogP contribution >= 0.6 is 0 Å². The van der Waals surface area contributed by atoms with E-state index in [0.717, 1.165) is 36.4 Å². The molecule has 0 saturated carbocycles. The Morgan fingerprint density at radius 2 is 1.95 bits per heavy atom. The van der Waals surface area contributed by atoms with Crippen LogP contribution in [0.1, 0.15) is 16.7 Å². The Morgan fingerprint density at radius 1 is 1.10 bits per heavy atom. The molecule has 2 aromatic rings. The summed E-state index contributed by atoms with van der Waals surface area (Å²) in [6.45, 7) is 3.93. The van der Waals surface area contributed by atoms with Crippen molar-refractivity contribution in [3.63, 3.8) is 0 Å². The summed E-state index contributed by atoms with van der Waals surface area (Å²) in [6.07, 6.45) is 0.882. The standard InChI is InChI=1S/C17H20FNO/c1-13-10-15(6-7-17(13)20-2)12-19-9-8-14-4-3-5-16(18)11-14/h3-7,10-11,19H,8-9,12H2,1-2H3/p+1. The van der Waals surface area contributed by atoms with E-state index in [-0.39, 0.29) is 5.82 Å². The molecule has 0 aliphatic carbocycles. The number of nitrogens with two attached hydrogens (primary N) is 1. The van der Waals surface area contributed by atoms with Gasteiger partial charge in [-0.05, 0) is 48.4 Å². The first-order valence-electron chi connectivity index (χ1n) is 6.88. The fourth-order valence-electron chi connectivity index (χ4n) is 2.30. The molecule has 0 aromatic heterocycles. The molecule has 20 heavy (non-hydrogen) atoms. The molecule has 0 aliphatic rings. The first-order chi connectivity index (χ1) is 9.69. The number of ether oxygens (including phenoxy) is 1. The largest absolute Gasteiger partial charge is 0.496 e. The highest BCUT2D eigenvalue weighted by Crippen LogP contribution is 2.17. The molecule has 0 unspecified atom stereocenters. The molecule has 0 spiro atoms. The second kappa shape index (κ2) is 7.06. The fourth-order valence-corrected chi connectivity index (χ4v) is 2.30. The van der Waals surface area contributed by atoms with Crippen LogP contribution in [-0.4, -0.2) is 13.7 Å². The number of hydrogen-bond acceptors (Lipinski definition) is 1. The lowest BCUT2D eigenvalue weighted by atomic mass is 10.1. The maximum Gasteiger partial charge on any atom is 0.123 e. The van der Waals surface area contributed by atoms with Crippen molar-refractivity contribution in [2.75, 3.05) is 13.7 Å². The van der Waals surface area contributed by atoms with Crippen LogP contribution in [0.2, 0.25) is 0 Å². The van der Waals surface area contributed by atoms with Crippen LogP contribution in [0.3, 0.4) is 0 Å². The maximum atomic E-state index is 13.0. The quantitative estimate of drug-likeness (QED) is 0.804. The van der Waals surface area contributed by atoms with Crippen molar-refractivity contribution in [1.29, 1.82) is 0 Å². The van der Waals surface area contributed by atoms with E-state index in [0.29, 0.717) is 0 Å². The van der Waals surface area contributed by atoms with Gasteiger partial charge in [0.15, 0.2) is 0 Å². The smallest absolute Gasteiger partial charge is 0.123 e. The Bertz CT molecular complexity index is 569. The zero-order valence-electron chi connectivity index (χ0n) is 12.0. The van der Waals surface area contributed by atoms with Gasteiger partial charge in [0, 0.05) is 12.0 Å². The third kappa shape index (κ3) is 4.07. The topological polar surface area (TPSA) is 25.8 Å². The molecule has 0 saturated heterocycles. The normalized spacial score (nSPS) is 10.6. The summed E-state index contributed by atoms with van der Waals surface area (Å²) in [5.74, 6) is 0.766. The van der Waals surface area contributed by atoms with Crippen LogP contribution in [0.5, 0.6) is 5.75 Å². The number of hydrogen-bond donors (Lipinski definition) is 1. The second-order valence-corrected chi connectivity index (χ2v) is 4.97. The predicted octanol–water partition coefficient (Wildman–Crippen LogP) is 2.45. The summed E-state index contributed by atoms with van der Waals surface area (Å²) in [4.78, 5) is 0. The van der Waals surface area contributed by atoms with E-state index in [2.05, 4.69) is 24.4 Å². The van der Waals surface area contributed by atoms with Crippen LogP contribution in [0.15, 0.2) is 42.5 Å². The first-order valence-corrected chi connectivity index (χ1v) is 6.88. The van der Waals surface area contributed by atoms with E-state index < -0.39 is 0 Å². The van der Waals surface area contributed by atoms with E-state index in [1.54, 1.807) is 19.2 Å². The van der Waals surface area contributed by atoms with Gasteiger partial charge in [0.1, 0.15) is 18.1 Å². The van der Waals surface area contributed by atoms with Gasteiger partial charge in [-0.1, -0.05) is 12.1 Å². The molecule has 0 heterocycles. The number of methoxy groups -OCH3 is 1. The van der Waals surface area contributed by atoms with Crippen LogP contribution in [-0.2, 0) is 13.0 Å². The third-order valence-corrected chi connectivity index (χ3v) is 3.37. The zero-order valence-corrected chi connectivity index (χ0v) is 12.0. The van der Waals surface area contributed by atoms with Gasteiger partial charge in [0.2, 0.25) is 0 Å². The molecule has 3 heteroatoms. The van der Waals surface area contributed by atoms with E-state index in [1.807, 2.05) is 12.1 Å². The molecule has 0 aliphatic heterocycles. The van der Waals surface area contributed by atoms with E-state index in [1.165, 1.54) is 11.6 Å². The molecule has 0 radical (unpaired) electrons. The summed E-state index contributed by atoms with van der Waals surface area (Å²) < 4.78 is 18.3. The van der Waals surface area contributed by atoms with Crippen molar-refractivity contribution < 1.29 is 14.4 Å². The lowest BCUT2D eigenvalue weighted by molar-refractivity contribution is -0.670. The Balaban J connectivity index is 1.80. The summed E-state index contributed by atoms with van der Waals surface area (Å²) in [5, 5.41) is 2.24. The molecular formula is C17H21FNO+. The van der Waals surface area contributed by atoms with Crippen molar-refractivity contribution in [2.24, 2.45) is 0 Å². The Kier molecular flexibility index (Phi) is 5.13. The van der Waals surface area contributed by atoms with Gasteiger partial charge in [-0.3, -0.25) is 0 Å². The van der Waals surface area contributed by atoms with Gasteiger partial charge in [-0.15, -0.1) is 0 Å². The summed E-state index contributed by atoms with van der Waals surface area (Å²) in [7, 11) is 1.69. The second-order valence-electron chi connectivity index (χ2n) is 4.97. The molecule has 106 valence electrons. The van der Waals surface area contributed by atoms with Gasteiger partial charge in [0.25, 0.3) is 0 Å². The Morgan fingerprint density at radius 3 is 2.65 bits per heavy atom. The van der Waals surface area contributed by atoms with Crippen molar-refractivity contribution in [2.45, 2.75) is 19.9 Å². The van der Waals surface area contributed by atoms with E-state index >= 15 is 0 Å². The lowest BCUT2D eigenvalue weighted by Gasteiger charge is -2.07. The average Bonchev–Trinajstić information content (AvgIpc) is 2.44. The minimum atomic E-state index is -0.159. The average molecular weight is 274 g/mol. The molecule has 0 amide bonds. The summed E-state index contributed by atoms with van der Waals surface area (Å²) in [5.41, 5.74) is 3.48. The summed E-state index contributed by atoms with van der Waals surface area (Å²) in [6, 6.07) is 13.1. The molecule has 2 nitrogen and oxygen atoms in total. The van der Waals surface area contributed by atoms with Crippen molar-refractivity contribution in [3.05, 3.63) is 65.0 Å². The van der Waals surface area contributed by atoms with Gasteiger partial charge in [0.05, 0.1) is 13.7 Å². The van der Waals surface area contributed by atoms with Gasteiger partial charge in [-0.2, -0.15) is 0 Å². The highest BCUT2D eigenvalue weighted by Gasteiger charge is 2.02. The van der Waals surface area contributed by atoms with Gasteiger partial charge >= 0.3 is 0 Å². The van der Waals surface area contributed by atoms with Crippen molar-refractivity contribution >= 4 is 0 Å². The fraction of sp³-hybridized carbons (Fsp3) is 0.294. The molecule has 0 atom stereocenters. The molecular weight excluding hydrogens is 253 g/mol. The van der Waals surface area contributed by atoms with Crippen LogP contribution in [0.4, 0.5) is 4.39 Å². The maximum absolute atomic E-state index is 13.0. The van der Waals surface area contributed by atoms with Crippen molar-refractivity contribution in [3.8, 4) is 5.75 Å². The molecule has 0 bridgehead atoms. The Labute approximate surface area is 119 Å². The first kappa shape index (κ1) is 14.5. The van der Waals surface area contributed by atoms with E-state index in [4.69, 9.17) is 4.74 Å². The molecule has 0 fully saturated rings. The molecule has 2 aromatic carbocycles. The highest BCUT2D eigenvalue weighted by atomic mass is 19.1. The minimum absolute atomic E-state index is 0.159. The minimum Gasteiger partial charge on any atom is -0.496 e. The van der Waals surface area contributed by atoms with Gasteiger partial charge in [-0.25, -0.2) is 4.39 Å². The number of halogens is 1. The van der Waals surface area contributed by atoms with E-state index in [9.17, 15) is 4.39 Å². The monoisotopic (exact) mass is 274 g/mol. The number of benzene rings is 2. The zero-order chi connectivity index (χ0) is 14.4. The SMILES string of the molecule is COc1ccc(C[NH2+]CCc2cccc(F)c2)cc1C. The van der Waals surface area contributed by atoms with Crippen LogP contribution in [0.25, 0.3) is 0 Å². The lowest BCUT2D eigenvalue weighted by Crippen LogP contribution is -2.83. The van der Waals surface area contributed by atoms with Crippen LogP contribution < -0.4 is 10.1 Å². The highest BCUT2D eigenvalue weighted by molar-refractivity contribution is 5.35. The number of aryl methyl sites for hydroxylation is 1. The van der Waals surface area contributed by atoms with Crippen LogP contribution in [0, 0.1) is 12.7 Å². The van der Waals surface area contributed by atoms with Crippen molar-refractivity contribution in [1.82, 2.24) is 0 Å². The molecule has 2 N–H and O–H groups in total. The number of rotatable bonds is 6.